The van der Waals surface area contributed by atoms with Crippen molar-refractivity contribution in [2.75, 3.05) is 14.2 Å². The highest BCUT2D eigenvalue weighted by Crippen LogP contribution is 2.36. The maximum atomic E-state index is 5.35. The average molecular weight is 284 g/mol. The van der Waals surface area contributed by atoms with E-state index in [4.69, 9.17) is 9.47 Å². The second-order valence-electron chi connectivity index (χ2n) is 5.81. The number of hydrogen-bond acceptors (Lipinski definition) is 2. The summed E-state index contributed by atoms with van der Waals surface area (Å²) in [5.41, 5.74) is 4.98. The fraction of sp³-hybridized carbons (Fsp3) is 0.368. The quantitative estimate of drug-likeness (QED) is 0.787. The standard InChI is InChI=1S/C19H24O2/c1-19(2,17-11-7-5-9-15(17)13-20-3)18-12-8-6-10-16(18)14-21-4/h5-12H,13-14H2,1-4H3. The molecule has 0 N–H and O–H groups in total. The highest BCUT2D eigenvalue weighted by Gasteiger charge is 2.27. The molecule has 0 saturated heterocycles. The molecule has 112 valence electrons. The molecule has 0 radical (unpaired) electrons. The van der Waals surface area contributed by atoms with Crippen LogP contribution in [0.1, 0.15) is 36.1 Å². The Balaban J connectivity index is 2.51. The first kappa shape index (κ1) is 15.7. The molecule has 0 bridgehead atoms. The van der Waals surface area contributed by atoms with Crippen LogP contribution in [0.3, 0.4) is 0 Å². The molecule has 21 heavy (non-hydrogen) atoms. The Kier molecular flexibility index (Phi) is 5.16. The number of hydrogen-bond donors (Lipinski definition) is 0. The molecule has 0 unspecified atom stereocenters. The summed E-state index contributed by atoms with van der Waals surface area (Å²) >= 11 is 0. The molecule has 2 rings (SSSR count). The smallest absolute Gasteiger partial charge is 0.0716 e. The number of methoxy groups -OCH3 is 2. The summed E-state index contributed by atoms with van der Waals surface area (Å²) in [4.78, 5) is 0. The Morgan fingerprint density at radius 3 is 1.48 bits per heavy atom. The van der Waals surface area contributed by atoms with Crippen molar-refractivity contribution in [2.45, 2.75) is 32.5 Å². The van der Waals surface area contributed by atoms with E-state index in [0.717, 1.165) is 0 Å². The Morgan fingerprint density at radius 1 is 0.714 bits per heavy atom. The lowest BCUT2D eigenvalue weighted by molar-refractivity contribution is 0.181. The van der Waals surface area contributed by atoms with Gasteiger partial charge in [-0.05, 0) is 22.3 Å². The average Bonchev–Trinajstić information content (AvgIpc) is 2.49. The molecule has 0 aliphatic carbocycles. The summed E-state index contributed by atoms with van der Waals surface area (Å²) < 4.78 is 10.7. The third-order valence-electron chi connectivity index (χ3n) is 3.98. The van der Waals surface area contributed by atoms with Crippen LogP contribution in [-0.4, -0.2) is 14.2 Å². The predicted molar refractivity (Wildman–Crippen MR) is 86.4 cm³/mol. The molecule has 0 saturated carbocycles. The van der Waals surface area contributed by atoms with Gasteiger partial charge in [-0.2, -0.15) is 0 Å². The van der Waals surface area contributed by atoms with E-state index in [1.54, 1.807) is 14.2 Å². The highest BCUT2D eigenvalue weighted by molar-refractivity contribution is 5.45. The molecule has 2 nitrogen and oxygen atoms in total. The second kappa shape index (κ2) is 6.88. The van der Waals surface area contributed by atoms with E-state index in [2.05, 4.69) is 62.4 Å². The van der Waals surface area contributed by atoms with Gasteiger partial charge in [-0.15, -0.1) is 0 Å². The number of ether oxygens (including phenoxy) is 2. The van der Waals surface area contributed by atoms with Gasteiger partial charge in [-0.3, -0.25) is 0 Å². The fourth-order valence-electron chi connectivity index (χ4n) is 2.97. The lowest BCUT2D eigenvalue weighted by Gasteiger charge is -2.30. The second-order valence-corrected chi connectivity index (χ2v) is 5.81. The SMILES string of the molecule is COCc1ccccc1C(C)(C)c1ccccc1COC. The topological polar surface area (TPSA) is 18.5 Å². The molecule has 0 heterocycles. The van der Waals surface area contributed by atoms with E-state index in [0.29, 0.717) is 13.2 Å². The van der Waals surface area contributed by atoms with Crippen LogP contribution >= 0.6 is 0 Å². The van der Waals surface area contributed by atoms with Crippen LogP contribution in [0.2, 0.25) is 0 Å². The van der Waals surface area contributed by atoms with Crippen molar-refractivity contribution in [2.24, 2.45) is 0 Å². The highest BCUT2D eigenvalue weighted by atomic mass is 16.5. The van der Waals surface area contributed by atoms with Gasteiger partial charge in [0.05, 0.1) is 13.2 Å². The molecular weight excluding hydrogens is 260 g/mol. The molecule has 2 aromatic carbocycles. The molecular formula is C19H24O2. The Bertz CT molecular complexity index is 536. The van der Waals surface area contributed by atoms with Gasteiger partial charge < -0.3 is 9.47 Å². The van der Waals surface area contributed by atoms with Crippen molar-refractivity contribution in [3.63, 3.8) is 0 Å². The summed E-state index contributed by atoms with van der Waals surface area (Å²) in [6, 6.07) is 17.0. The summed E-state index contributed by atoms with van der Waals surface area (Å²) in [6.07, 6.45) is 0. The minimum atomic E-state index is -0.0930. The van der Waals surface area contributed by atoms with E-state index in [1.807, 2.05) is 0 Å². The Morgan fingerprint density at radius 2 is 1.10 bits per heavy atom. The Hall–Kier alpha value is -1.64. The normalized spacial score (nSPS) is 11.6. The first-order valence-electron chi connectivity index (χ1n) is 7.26. The van der Waals surface area contributed by atoms with Crippen molar-refractivity contribution in [3.05, 3.63) is 70.8 Å². The first-order chi connectivity index (χ1) is 10.1. The van der Waals surface area contributed by atoms with Gasteiger partial charge in [0.2, 0.25) is 0 Å². The van der Waals surface area contributed by atoms with Crippen molar-refractivity contribution in [3.8, 4) is 0 Å². The zero-order chi connectivity index (χ0) is 15.3. The summed E-state index contributed by atoms with van der Waals surface area (Å²) in [6.45, 7) is 5.78. The van der Waals surface area contributed by atoms with Gasteiger partial charge in [-0.25, -0.2) is 0 Å². The number of benzene rings is 2. The van der Waals surface area contributed by atoms with E-state index < -0.39 is 0 Å². The lowest BCUT2D eigenvalue weighted by Crippen LogP contribution is -2.23. The van der Waals surface area contributed by atoms with Crippen LogP contribution in [-0.2, 0) is 28.1 Å². The molecule has 0 aliphatic heterocycles. The van der Waals surface area contributed by atoms with Crippen LogP contribution in [0.25, 0.3) is 0 Å². The lowest BCUT2D eigenvalue weighted by atomic mass is 9.74. The molecule has 0 atom stereocenters. The van der Waals surface area contributed by atoms with Gasteiger partial charge in [0, 0.05) is 19.6 Å². The summed E-state index contributed by atoms with van der Waals surface area (Å²) in [7, 11) is 3.48. The molecule has 2 aromatic rings. The minimum Gasteiger partial charge on any atom is -0.380 e. The zero-order valence-corrected chi connectivity index (χ0v) is 13.3. The first-order valence-corrected chi connectivity index (χ1v) is 7.26. The van der Waals surface area contributed by atoms with Crippen LogP contribution in [0.5, 0.6) is 0 Å². The molecule has 0 fully saturated rings. The molecule has 2 heteroatoms. The van der Waals surface area contributed by atoms with E-state index >= 15 is 0 Å². The van der Waals surface area contributed by atoms with Crippen molar-refractivity contribution in [1.29, 1.82) is 0 Å². The maximum Gasteiger partial charge on any atom is 0.0716 e. The van der Waals surface area contributed by atoms with Gasteiger partial charge in [0.25, 0.3) is 0 Å². The largest absolute Gasteiger partial charge is 0.380 e. The zero-order valence-electron chi connectivity index (χ0n) is 13.3. The number of rotatable bonds is 6. The van der Waals surface area contributed by atoms with Gasteiger partial charge >= 0.3 is 0 Å². The van der Waals surface area contributed by atoms with E-state index in [9.17, 15) is 0 Å². The van der Waals surface area contributed by atoms with Crippen molar-refractivity contribution < 1.29 is 9.47 Å². The van der Waals surface area contributed by atoms with E-state index in [1.165, 1.54) is 22.3 Å². The molecule has 0 aromatic heterocycles. The van der Waals surface area contributed by atoms with Crippen LogP contribution in [0, 0.1) is 0 Å². The van der Waals surface area contributed by atoms with Crippen LogP contribution in [0.4, 0.5) is 0 Å². The van der Waals surface area contributed by atoms with Gasteiger partial charge in [0.1, 0.15) is 0 Å². The third-order valence-corrected chi connectivity index (χ3v) is 3.98. The molecule has 0 spiro atoms. The van der Waals surface area contributed by atoms with Crippen LogP contribution < -0.4 is 0 Å². The van der Waals surface area contributed by atoms with Crippen LogP contribution in [0.15, 0.2) is 48.5 Å². The predicted octanol–water partition coefficient (Wildman–Crippen LogP) is 4.31. The molecule has 0 amide bonds. The maximum absolute atomic E-state index is 5.35. The van der Waals surface area contributed by atoms with Gasteiger partial charge in [-0.1, -0.05) is 62.4 Å². The monoisotopic (exact) mass is 284 g/mol. The summed E-state index contributed by atoms with van der Waals surface area (Å²) in [5.74, 6) is 0. The minimum absolute atomic E-state index is 0.0930. The summed E-state index contributed by atoms with van der Waals surface area (Å²) in [5, 5.41) is 0. The van der Waals surface area contributed by atoms with Crippen molar-refractivity contribution >= 4 is 0 Å². The van der Waals surface area contributed by atoms with Gasteiger partial charge in [0.15, 0.2) is 0 Å². The third kappa shape index (κ3) is 3.34. The fourth-order valence-corrected chi connectivity index (χ4v) is 2.97. The van der Waals surface area contributed by atoms with E-state index in [-0.39, 0.29) is 5.41 Å². The van der Waals surface area contributed by atoms with Crippen molar-refractivity contribution in [1.82, 2.24) is 0 Å². The molecule has 0 aliphatic rings. The Labute approximate surface area is 127 Å².